The molecule has 1 aromatic heterocycles. The predicted octanol–water partition coefficient (Wildman–Crippen LogP) is 2.80. The Kier molecular flexibility index (Phi) is 3.12. The van der Waals surface area contributed by atoms with Crippen molar-refractivity contribution in [1.82, 2.24) is 15.0 Å². The zero-order valence-electron chi connectivity index (χ0n) is 9.35. The highest BCUT2D eigenvalue weighted by molar-refractivity contribution is 6.35. The summed E-state index contributed by atoms with van der Waals surface area (Å²) in [5.74, 6) is 0. The normalized spacial score (nSPS) is 11.8. The molecule has 0 spiro atoms. The van der Waals surface area contributed by atoms with Crippen LogP contribution < -0.4 is 0 Å². The molecule has 0 aliphatic carbocycles. The van der Waals surface area contributed by atoms with Gasteiger partial charge in [-0.05, 0) is 32.0 Å². The topological polar surface area (TPSA) is 50.9 Å². The van der Waals surface area contributed by atoms with E-state index in [9.17, 15) is 5.11 Å². The third kappa shape index (κ3) is 2.60. The number of aliphatic hydroxyl groups is 1. The lowest BCUT2D eigenvalue weighted by Crippen LogP contribution is -2.15. The second-order valence-electron chi connectivity index (χ2n) is 4.20. The maximum Gasteiger partial charge on any atom is 0.114 e. The van der Waals surface area contributed by atoms with Gasteiger partial charge in [-0.25, -0.2) is 4.68 Å². The van der Waals surface area contributed by atoms with Crippen molar-refractivity contribution in [2.45, 2.75) is 19.4 Å². The van der Waals surface area contributed by atoms with Crippen LogP contribution in [0, 0.1) is 0 Å². The number of hydrogen-bond donors (Lipinski definition) is 1. The zero-order valence-corrected chi connectivity index (χ0v) is 10.9. The van der Waals surface area contributed by atoms with E-state index in [0.29, 0.717) is 21.4 Å². The number of hydrogen-bond acceptors (Lipinski definition) is 3. The molecule has 0 fully saturated rings. The van der Waals surface area contributed by atoms with Gasteiger partial charge in [-0.3, -0.25) is 0 Å². The molecule has 0 unspecified atom stereocenters. The van der Waals surface area contributed by atoms with E-state index in [1.807, 2.05) is 0 Å². The van der Waals surface area contributed by atoms with Gasteiger partial charge < -0.3 is 5.11 Å². The molecule has 2 aromatic rings. The summed E-state index contributed by atoms with van der Waals surface area (Å²) in [7, 11) is 0. The highest BCUT2D eigenvalue weighted by atomic mass is 35.5. The Balaban J connectivity index is 2.44. The third-order valence-corrected chi connectivity index (χ3v) is 2.81. The fourth-order valence-corrected chi connectivity index (χ4v) is 1.82. The molecule has 90 valence electrons. The van der Waals surface area contributed by atoms with Crippen LogP contribution in [-0.4, -0.2) is 20.1 Å². The highest BCUT2D eigenvalue weighted by Gasteiger charge is 2.20. The first-order chi connectivity index (χ1) is 7.88. The van der Waals surface area contributed by atoms with E-state index in [2.05, 4.69) is 10.3 Å². The molecule has 17 heavy (non-hydrogen) atoms. The van der Waals surface area contributed by atoms with Crippen LogP contribution in [-0.2, 0) is 5.60 Å². The van der Waals surface area contributed by atoms with Crippen molar-refractivity contribution in [2.75, 3.05) is 0 Å². The summed E-state index contributed by atoms with van der Waals surface area (Å²) in [4.78, 5) is 0. The van der Waals surface area contributed by atoms with Crippen molar-refractivity contribution >= 4 is 23.2 Å². The Morgan fingerprint density at radius 2 is 2.00 bits per heavy atom. The van der Waals surface area contributed by atoms with Gasteiger partial charge in [0, 0.05) is 5.02 Å². The Bertz CT molecular complexity index is 546. The molecule has 2 rings (SSSR count). The van der Waals surface area contributed by atoms with Gasteiger partial charge in [0.1, 0.15) is 11.3 Å². The zero-order chi connectivity index (χ0) is 12.6. The number of rotatable bonds is 2. The standard InChI is InChI=1S/C11H11Cl2N3O/c1-11(2,17)10-6-16(15-14-10)9-4-3-7(12)5-8(9)13/h3-6,17H,1-2H3. The lowest BCUT2D eigenvalue weighted by Gasteiger charge is -2.11. The molecule has 1 heterocycles. The number of halogens is 2. The van der Waals surface area contributed by atoms with Crippen LogP contribution in [0.4, 0.5) is 0 Å². The summed E-state index contributed by atoms with van der Waals surface area (Å²) in [5.41, 5.74) is 0.111. The first kappa shape index (κ1) is 12.4. The molecular weight excluding hydrogens is 261 g/mol. The molecule has 0 atom stereocenters. The van der Waals surface area contributed by atoms with Gasteiger partial charge >= 0.3 is 0 Å². The molecule has 1 N–H and O–H groups in total. The molecule has 1 aromatic carbocycles. The molecule has 0 bridgehead atoms. The summed E-state index contributed by atoms with van der Waals surface area (Å²) in [5, 5.41) is 18.6. The minimum absolute atomic E-state index is 0.475. The highest BCUT2D eigenvalue weighted by Crippen LogP contribution is 2.25. The molecule has 0 saturated carbocycles. The van der Waals surface area contributed by atoms with E-state index in [1.54, 1.807) is 38.2 Å². The molecule has 0 amide bonds. The predicted molar refractivity (Wildman–Crippen MR) is 66.6 cm³/mol. The van der Waals surface area contributed by atoms with Gasteiger partial charge in [-0.15, -0.1) is 5.10 Å². The Morgan fingerprint density at radius 3 is 2.53 bits per heavy atom. The lowest BCUT2D eigenvalue weighted by atomic mass is 10.1. The molecule has 0 aliphatic rings. The smallest absolute Gasteiger partial charge is 0.114 e. The Labute approximate surface area is 109 Å². The van der Waals surface area contributed by atoms with Crippen LogP contribution in [0.5, 0.6) is 0 Å². The van der Waals surface area contributed by atoms with Crippen LogP contribution in [0.15, 0.2) is 24.4 Å². The van der Waals surface area contributed by atoms with E-state index in [-0.39, 0.29) is 0 Å². The first-order valence-corrected chi connectivity index (χ1v) is 5.74. The molecule has 0 aliphatic heterocycles. The van der Waals surface area contributed by atoms with E-state index in [0.717, 1.165) is 0 Å². The fraction of sp³-hybridized carbons (Fsp3) is 0.273. The summed E-state index contributed by atoms with van der Waals surface area (Å²) in [6.45, 7) is 3.29. The fourth-order valence-electron chi connectivity index (χ4n) is 1.33. The average molecular weight is 272 g/mol. The van der Waals surface area contributed by atoms with Crippen LogP contribution in [0.3, 0.4) is 0 Å². The van der Waals surface area contributed by atoms with Crippen molar-refractivity contribution in [3.8, 4) is 5.69 Å². The van der Waals surface area contributed by atoms with Gasteiger partial charge in [0.15, 0.2) is 0 Å². The van der Waals surface area contributed by atoms with Gasteiger partial charge in [0.25, 0.3) is 0 Å². The first-order valence-electron chi connectivity index (χ1n) is 4.98. The average Bonchev–Trinajstić information content (AvgIpc) is 2.65. The second kappa shape index (κ2) is 4.29. The lowest BCUT2D eigenvalue weighted by molar-refractivity contribution is 0.0737. The van der Waals surface area contributed by atoms with Crippen LogP contribution in [0.1, 0.15) is 19.5 Å². The van der Waals surface area contributed by atoms with Crippen molar-refractivity contribution in [3.05, 3.63) is 40.1 Å². The van der Waals surface area contributed by atoms with Crippen molar-refractivity contribution in [2.24, 2.45) is 0 Å². The van der Waals surface area contributed by atoms with Crippen LogP contribution >= 0.6 is 23.2 Å². The number of aromatic nitrogens is 3. The molecule has 4 nitrogen and oxygen atoms in total. The monoisotopic (exact) mass is 271 g/mol. The maximum atomic E-state index is 9.79. The minimum atomic E-state index is -1.03. The van der Waals surface area contributed by atoms with Crippen LogP contribution in [0.2, 0.25) is 10.0 Å². The summed E-state index contributed by atoms with van der Waals surface area (Å²) in [6.07, 6.45) is 1.63. The number of nitrogens with zero attached hydrogens (tertiary/aromatic N) is 3. The van der Waals surface area contributed by atoms with Crippen LogP contribution in [0.25, 0.3) is 5.69 Å². The molecular formula is C11H11Cl2N3O. The molecule has 6 heteroatoms. The van der Waals surface area contributed by atoms with E-state index < -0.39 is 5.60 Å². The van der Waals surface area contributed by atoms with Crippen molar-refractivity contribution < 1.29 is 5.11 Å². The minimum Gasteiger partial charge on any atom is -0.384 e. The summed E-state index contributed by atoms with van der Waals surface area (Å²) < 4.78 is 1.51. The molecule has 0 radical (unpaired) electrons. The second-order valence-corrected chi connectivity index (χ2v) is 5.05. The van der Waals surface area contributed by atoms with Gasteiger partial charge in [0.05, 0.1) is 16.9 Å². The van der Waals surface area contributed by atoms with Gasteiger partial charge in [-0.1, -0.05) is 28.4 Å². The van der Waals surface area contributed by atoms with Gasteiger partial charge in [-0.2, -0.15) is 0 Å². The van der Waals surface area contributed by atoms with E-state index in [4.69, 9.17) is 23.2 Å². The third-order valence-electron chi connectivity index (χ3n) is 2.28. The Hall–Kier alpha value is -1.10. The van der Waals surface area contributed by atoms with Crippen molar-refractivity contribution in [3.63, 3.8) is 0 Å². The number of benzene rings is 1. The van der Waals surface area contributed by atoms with Gasteiger partial charge in [0.2, 0.25) is 0 Å². The largest absolute Gasteiger partial charge is 0.384 e. The van der Waals surface area contributed by atoms with Crippen molar-refractivity contribution in [1.29, 1.82) is 0 Å². The summed E-state index contributed by atoms with van der Waals surface area (Å²) >= 11 is 11.9. The van der Waals surface area contributed by atoms with E-state index >= 15 is 0 Å². The quantitative estimate of drug-likeness (QED) is 0.914. The maximum absolute atomic E-state index is 9.79. The Morgan fingerprint density at radius 1 is 1.29 bits per heavy atom. The van der Waals surface area contributed by atoms with E-state index in [1.165, 1.54) is 4.68 Å². The molecule has 0 saturated heterocycles. The SMILES string of the molecule is CC(C)(O)c1cn(-c2ccc(Cl)cc2Cl)nn1. The summed E-state index contributed by atoms with van der Waals surface area (Å²) in [6, 6.07) is 5.09.